The van der Waals surface area contributed by atoms with Crippen LogP contribution in [-0.4, -0.2) is 9.38 Å². The second-order valence-electron chi connectivity index (χ2n) is 10.3. The maximum atomic E-state index is 3.75. The van der Waals surface area contributed by atoms with Gasteiger partial charge in [0.15, 0.2) is 0 Å². The molecular weight excluding hydrogens is 424 g/mol. The standard InChI is InChI=1S/C33H24N2/c1-33(2)26-12-6-3-9-21(26)25-19-20(15-16-27(25)33)30-24-11-5-8-14-29(24)35-18-17-23-22-10-4-7-13-28(22)34-31(23)32(30)35/h3-19,34H,1-2H3. The van der Waals surface area contributed by atoms with Crippen LogP contribution in [0, 0.1) is 0 Å². The lowest BCUT2D eigenvalue weighted by atomic mass is 9.82. The molecule has 4 aromatic carbocycles. The third-order valence-electron chi connectivity index (χ3n) is 8.16. The Morgan fingerprint density at radius 2 is 1.40 bits per heavy atom. The zero-order valence-electron chi connectivity index (χ0n) is 19.8. The van der Waals surface area contributed by atoms with Gasteiger partial charge in [0.05, 0.1) is 16.6 Å². The summed E-state index contributed by atoms with van der Waals surface area (Å²) in [5.41, 5.74) is 13.0. The first-order valence-corrected chi connectivity index (χ1v) is 12.3. The van der Waals surface area contributed by atoms with E-state index in [0.717, 1.165) is 0 Å². The Kier molecular flexibility index (Phi) is 3.50. The summed E-state index contributed by atoms with van der Waals surface area (Å²) < 4.78 is 2.35. The number of nitrogens with zero attached hydrogens (tertiary/aromatic N) is 1. The number of rotatable bonds is 1. The van der Waals surface area contributed by atoms with Crippen molar-refractivity contribution in [2.75, 3.05) is 0 Å². The molecule has 0 bridgehead atoms. The highest BCUT2D eigenvalue weighted by atomic mass is 14.9. The first-order valence-electron chi connectivity index (χ1n) is 12.3. The Hall–Kier alpha value is -4.30. The predicted octanol–water partition coefficient (Wildman–Crippen LogP) is 8.70. The maximum absolute atomic E-state index is 3.75. The van der Waals surface area contributed by atoms with Crippen molar-refractivity contribution in [3.05, 3.63) is 114 Å². The molecule has 0 saturated heterocycles. The summed E-state index contributed by atoms with van der Waals surface area (Å²) >= 11 is 0. The van der Waals surface area contributed by atoms with Crippen molar-refractivity contribution >= 4 is 38.2 Å². The normalized spacial score (nSPS) is 14.2. The fraction of sp³-hybridized carbons (Fsp3) is 0.0909. The van der Waals surface area contributed by atoms with Gasteiger partial charge in [0.1, 0.15) is 0 Å². The number of fused-ring (bicyclic) bond motifs is 10. The summed E-state index contributed by atoms with van der Waals surface area (Å²) in [5.74, 6) is 0. The monoisotopic (exact) mass is 448 g/mol. The molecule has 0 amide bonds. The van der Waals surface area contributed by atoms with Gasteiger partial charge in [-0.05, 0) is 52.1 Å². The molecule has 0 saturated carbocycles. The van der Waals surface area contributed by atoms with E-state index in [1.807, 2.05) is 0 Å². The molecule has 0 fully saturated rings. The summed E-state index contributed by atoms with van der Waals surface area (Å²) in [5, 5.41) is 3.82. The maximum Gasteiger partial charge on any atom is 0.0784 e. The number of hydrogen-bond acceptors (Lipinski definition) is 0. The molecule has 2 heteroatoms. The summed E-state index contributed by atoms with van der Waals surface area (Å²) in [6.07, 6.45) is 2.23. The average Bonchev–Trinajstić information content (AvgIpc) is 3.51. The molecule has 166 valence electrons. The van der Waals surface area contributed by atoms with Crippen LogP contribution in [0.2, 0.25) is 0 Å². The number of hydrogen-bond donors (Lipinski definition) is 1. The van der Waals surface area contributed by atoms with Crippen molar-refractivity contribution in [2.24, 2.45) is 0 Å². The summed E-state index contributed by atoms with van der Waals surface area (Å²) in [6, 6.07) is 35.6. The van der Waals surface area contributed by atoms with E-state index in [2.05, 4.69) is 126 Å². The predicted molar refractivity (Wildman–Crippen MR) is 147 cm³/mol. The number of aromatic nitrogens is 2. The molecule has 0 unspecified atom stereocenters. The van der Waals surface area contributed by atoms with E-state index in [-0.39, 0.29) is 5.41 Å². The van der Waals surface area contributed by atoms with Crippen LogP contribution in [0.3, 0.4) is 0 Å². The molecule has 0 aliphatic heterocycles. The summed E-state index contributed by atoms with van der Waals surface area (Å²) in [6.45, 7) is 4.68. The number of nitrogens with one attached hydrogen (secondary N) is 1. The van der Waals surface area contributed by atoms with Gasteiger partial charge in [-0.1, -0.05) is 86.6 Å². The van der Waals surface area contributed by atoms with Crippen LogP contribution in [0.4, 0.5) is 0 Å². The van der Waals surface area contributed by atoms with E-state index >= 15 is 0 Å². The second-order valence-corrected chi connectivity index (χ2v) is 10.3. The molecule has 1 aliphatic carbocycles. The number of aromatic amines is 1. The van der Waals surface area contributed by atoms with Crippen LogP contribution in [0.5, 0.6) is 0 Å². The number of para-hydroxylation sites is 2. The molecule has 3 aromatic heterocycles. The molecular formula is C33H24N2. The quantitative estimate of drug-likeness (QED) is 0.259. The van der Waals surface area contributed by atoms with Crippen LogP contribution in [-0.2, 0) is 5.41 Å². The van der Waals surface area contributed by atoms with Crippen molar-refractivity contribution in [3.63, 3.8) is 0 Å². The molecule has 0 atom stereocenters. The number of H-pyrrole nitrogens is 1. The zero-order valence-corrected chi connectivity index (χ0v) is 19.8. The van der Waals surface area contributed by atoms with E-state index in [0.29, 0.717) is 0 Å². The topological polar surface area (TPSA) is 20.2 Å². The fourth-order valence-electron chi connectivity index (χ4n) is 6.50. The molecule has 0 radical (unpaired) electrons. The fourth-order valence-corrected chi connectivity index (χ4v) is 6.50. The van der Waals surface area contributed by atoms with Crippen molar-refractivity contribution < 1.29 is 0 Å². The van der Waals surface area contributed by atoms with Crippen LogP contribution >= 0.6 is 0 Å². The third kappa shape index (κ3) is 2.34. The Labute approximate surface area is 203 Å². The lowest BCUT2D eigenvalue weighted by molar-refractivity contribution is 0.660. The van der Waals surface area contributed by atoms with Gasteiger partial charge in [0.25, 0.3) is 0 Å². The van der Waals surface area contributed by atoms with Gasteiger partial charge in [0.2, 0.25) is 0 Å². The van der Waals surface area contributed by atoms with Gasteiger partial charge in [0, 0.05) is 38.9 Å². The SMILES string of the molecule is CC1(C)c2ccccc2-c2cc(-c3c4ccccc4n4ccc5c6ccccc6[nH]c5c34)ccc21. The second kappa shape index (κ2) is 6.43. The molecule has 2 nitrogen and oxygen atoms in total. The van der Waals surface area contributed by atoms with E-state index in [9.17, 15) is 0 Å². The third-order valence-corrected chi connectivity index (χ3v) is 8.16. The number of pyridine rings is 1. The van der Waals surface area contributed by atoms with Crippen molar-refractivity contribution in [3.8, 4) is 22.3 Å². The highest BCUT2D eigenvalue weighted by Gasteiger charge is 2.35. The first-order chi connectivity index (χ1) is 17.1. The molecule has 7 aromatic rings. The van der Waals surface area contributed by atoms with Crippen LogP contribution in [0.1, 0.15) is 25.0 Å². The molecule has 3 heterocycles. The van der Waals surface area contributed by atoms with Gasteiger partial charge in [-0.3, -0.25) is 0 Å². The van der Waals surface area contributed by atoms with Crippen molar-refractivity contribution in [1.82, 2.24) is 9.38 Å². The van der Waals surface area contributed by atoms with E-state index in [1.165, 1.54) is 71.6 Å². The smallest absolute Gasteiger partial charge is 0.0784 e. The van der Waals surface area contributed by atoms with Crippen LogP contribution in [0.25, 0.3) is 60.5 Å². The lowest BCUT2D eigenvalue weighted by Crippen LogP contribution is -2.14. The van der Waals surface area contributed by atoms with Gasteiger partial charge < -0.3 is 9.38 Å². The average molecular weight is 449 g/mol. The highest BCUT2D eigenvalue weighted by Crippen LogP contribution is 2.50. The van der Waals surface area contributed by atoms with Gasteiger partial charge in [-0.15, -0.1) is 0 Å². The van der Waals surface area contributed by atoms with E-state index in [4.69, 9.17) is 0 Å². The molecule has 0 spiro atoms. The zero-order chi connectivity index (χ0) is 23.3. The Morgan fingerprint density at radius 3 is 2.31 bits per heavy atom. The Balaban J connectivity index is 1.52. The van der Waals surface area contributed by atoms with Crippen LogP contribution < -0.4 is 0 Å². The van der Waals surface area contributed by atoms with Gasteiger partial charge >= 0.3 is 0 Å². The summed E-state index contributed by atoms with van der Waals surface area (Å²) in [7, 11) is 0. The van der Waals surface area contributed by atoms with E-state index < -0.39 is 0 Å². The minimum absolute atomic E-state index is 0.0137. The molecule has 8 rings (SSSR count). The van der Waals surface area contributed by atoms with Crippen molar-refractivity contribution in [2.45, 2.75) is 19.3 Å². The van der Waals surface area contributed by atoms with Gasteiger partial charge in [-0.25, -0.2) is 0 Å². The Morgan fingerprint density at radius 1 is 0.657 bits per heavy atom. The Bertz CT molecular complexity index is 1980. The first kappa shape index (κ1) is 19.1. The van der Waals surface area contributed by atoms with Gasteiger partial charge in [-0.2, -0.15) is 0 Å². The largest absolute Gasteiger partial charge is 0.353 e. The van der Waals surface area contributed by atoms with E-state index in [1.54, 1.807) is 0 Å². The highest BCUT2D eigenvalue weighted by molar-refractivity contribution is 6.19. The lowest BCUT2D eigenvalue weighted by Gasteiger charge is -2.21. The van der Waals surface area contributed by atoms with Crippen molar-refractivity contribution in [1.29, 1.82) is 0 Å². The van der Waals surface area contributed by atoms with Crippen LogP contribution in [0.15, 0.2) is 103 Å². The minimum Gasteiger partial charge on any atom is -0.353 e. The summed E-state index contributed by atoms with van der Waals surface area (Å²) in [4.78, 5) is 3.75. The molecule has 35 heavy (non-hydrogen) atoms. The number of benzene rings is 4. The molecule has 1 aliphatic rings. The molecule has 1 N–H and O–H groups in total. The minimum atomic E-state index is 0.0137.